The minimum absolute atomic E-state index is 0.0106. The maximum Gasteiger partial charge on any atom is 0.243 e. The van der Waals surface area contributed by atoms with Crippen LogP contribution in [0.15, 0.2) is 66.0 Å². The second-order valence-electron chi connectivity index (χ2n) is 9.88. The quantitative estimate of drug-likeness (QED) is 0.141. The monoisotopic (exact) mass is 591 g/mol. The van der Waals surface area contributed by atoms with Gasteiger partial charge in [0.1, 0.15) is 17.6 Å². The molecule has 0 aliphatic carbocycles. The number of nitrogens with two attached hydrogens (primary N) is 1. The van der Waals surface area contributed by atoms with E-state index < -0.39 is 6.04 Å². The Hall–Kier alpha value is -4.18. The summed E-state index contributed by atoms with van der Waals surface area (Å²) in [7, 11) is 0. The van der Waals surface area contributed by atoms with Crippen LogP contribution in [-0.4, -0.2) is 54.2 Å². The smallest absolute Gasteiger partial charge is 0.243 e. The van der Waals surface area contributed by atoms with E-state index in [2.05, 4.69) is 16.7 Å². The number of carbonyl (C=O) groups is 3. The number of hydrogen-bond donors (Lipinski definition) is 4. The summed E-state index contributed by atoms with van der Waals surface area (Å²) in [5.74, 6) is -0.0353. The number of nitrogen functional groups attached to an aromatic ring is 1. The van der Waals surface area contributed by atoms with Crippen LogP contribution >= 0.6 is 11.3 Å². The predicted octanol–water partition coefficient (Wildman–Crippen LogP) is 4.34. The average Bonchev–Trinajstić information content (AvgIpc) is 3.67. The molecule has 1 aromatic heterocycles. The van der Waals surface area contributed by atoms with Crippen LogP contribution in [0.25, 0.3) is 0 Å². The van der Waals surface area contributed by atoms with Crippen molar-refractivity contribution < 1.29 is 19.1 Å². The molecule has 4 rings (SSSR count). The lowest BCUT2D eigenvalue weighted by Crippen LogP contribution is -2.48. The predicted molar refractivity (Wildman–Crippen MR) is 167 cm³/mol. The van der Waals surface area contributed by atoms with Gasteiger partial charge < -0.3 is 26.0 Å². The molecule has 5 N–H and O–H groups in total. The van der Waals surface area contributed by atoms with Crippen molar-refractivity contribution >= 4 is 34.9 Å². The Morgan fingerprint density at radius 2 is 1.83 bits per heavy atom. The van der Waals surface area contributed by atoms with E-state index in [0.29, 0.717) is 31.6 Å². The largest absolute Gasteiger partial charge is 0.494 e. The number of para-hydroxylation sites is 1. The van der Waals surface area contributed by atoms with Crippen LogP contribution in [0.4, 0.5) is 0 Å². The Morgan fingerprint density at radius 1 is 1.07 bits per heavy atom. The van der Waals surface area contributed by atoms with Crippen molar-refractivity contribution in [1.82, 2.24) is 15.5 Å². The van der Waals surface area contributed by atoms with Crippen LogP contribution in [0.5, 0.6) is 5.75 Å². The lowest BCUT2D eigenvalue weighted by atomic mass is 9.95. The second kappa shape index (κ2) is 16.3. The Morgan fingerprint density at radius 3 is 2.52 bits per heavy atom. The number of likely N-dealkylation sites (tertiary alicyclic amines) is 1. The number of aryl methyl sites for hydroxylation is 1. The number of amides is 3. The zero-order valence-corrected chi connectivity index (χ0v) is 25.3. The summed E-state index contributed by atoms with van der Waals surface area (Å²) in [6, 6.07) is 18.6. The second-order valence-corrected chi connectivity index (χ2v) is 10.9. The first-order valence-electron chi connectivity index (χ1n) is 14.3. The molecule has 224 valence electrons. The van der Waals surface area contributed by atoms with Crippen molar-refractivity contribution in [3.63, 3.8) is 0 Å². The van der Waals surface area contributed by atoms with Crippen LogP contribution in [0.2, 0.25) is 0 Å². The fourth-order valence-electron chi connectivity index (χ4n) is 4.74. The summed E-state index contributed by atoms with van der Waals surface area (Å²) in [6.45, 7) is 6.93. The van der Waals surface area contributed by atoms with Crippen LogP contribution < -0.4 is 21.1 Å². The van der Waals surface area contributed by atoms with E-state index in [4.69, 9.17) is 15.9 Å². The zero-order chi connectivity index (χ0) is 30.5. The zero-order valence-electron chi connectivity index (χ0n) is 24.5. The fourth-order valence-corrected chi connectivity index (χ4v) is 5.56. The Balaban J connectivity index is 0.00000237. The summed E-state index contributed by atoms with van der Waals surface area (Å²) < 4.78 is 5.62. The number of benzene rings is 2. The third-order valence-electron chi connectivity index (χ3n) is 6.84. The van der Waals surface area contributed by atoms with Gasteiger partial charge in [0, 0.05) is 34.7 Å². The Bertz CT molecular complexity index is 1340. The molecule has 1 saturated heterocycles. The number of ether oxygens (including phenoxy) is 1. The molecular weight excluding hydrogens is 550 g/mol. The topological polar surface area (TPSA) is 138 Å². The van der Waals surface area contributed by atoms with Gasteiger partial charge in [-0.3, -0.25) is 19.8 Å². The standard InChI is InChI=1S/C30H35N5O4S.C2H6/c1-20-7-5-8-21(13-20)22-15-26(30(38)34-16-25-14-23(19-40-25)29(31)32)35(18-22)28(37)17-33-27(36)11-6-12-39-24-9-3-2-4-10-24;1-2/h2-5,7-10,13-14,19,22,26H,6,11-12,15-18H2,1H3,(H3,31,32)(H,33,36)(H,34,38);1-2H3. The fraction of sp³-hybridized carbons (Fsp3) is 0.375. The van der Waals surface area contributed by atoms with Crippen LogP contribution in [0.1, 0.15) is 60.6 Å². The van der Waals surface area contributed by atoms with Gasteiger partial charge in [0.05, 0.1) is 19.7 Å². The first-order valence-corrected chi connectivity index (χ1v) is 15.2. The summed E-state index contributed by atoms with van der Waals surface area (Å²) in [4.78, 5) is 41.4. The van der Waals surface area contributed by atoms with Crippen LogP contribution in [0, 0.1) is 12.3 Å². The van der Waals surface area contributed by atoms with Crippen molar-refractivity contribution in [2.24, 2.45) is 5.73 Å². The molecule has 0 saturated carbocycles. The normalized spacial score (nSPS) is 15.7. The first kappa shape index (κ1) is 32.3. The van der Waals surface area contributed by atoms with Crippen molar-refractivity contribution in [3.8, 4) is 5.75 Å². The van der Waals surface area contributed by atoms with E-state index in [9.17, 15) is 14.4 Å². The van der Waals surface area contributed by atoms with Crippen molar-refractivity contribution in [3.05, 3.63) is 87.6 Å². The number of thiophene rings is 1. The molecule has 2 heterocycles. The molecule has 42 heavy (non-hydrogen) atoms. The Labute approximate surface area is 252 Å². The minimum Gasteiger partial charge on any atom is -0.494 e. The molecule has 9 nitrogen and oxygen atoms in total. The number of amidine groups is 1. The van der Waals surface area contributed by atoms with E-state index >= 15 is 0 Å². The Kier molecular flexibility index (Phi) is 12.6. The van der Waals surface area contributed by atoms with E-state index in [1.165, 1.54) is 11.3 Å². The van der Waals surface area contributed by atoms with E-state index in [0.717, 1.165) is 21.8 Å². The third-order valence-corrected chi connectivity index (χ3v) is 7.77. The van der Waals surface area contributed by atoms with E-state index in [-0.39, 0.29) is 49.0 Å². The highest BCUT2D eigenvalue weighted by atomic mass is 32.1. The summed E-state index contributed by atoms with van der Waals surface area (Å²) >= 11 is 1.41. The average molecular weight is 592 g/mol. The van der Waals surface area contributed by atoms with E-state index in [1.54, 1.807) is 16.3 Å². The third kappa shape index (κ3) is 9.44. The molecule has 3 aromatic rings. The highest BCUT2D eigenvalue weighted by molar-refractivity contribution is 7.10. The summed E-state index contributed by atoms with van der Waals surface area (Å²) in [5, 5.41) is 15.0. The van der Waals surface area contributed by atoms with Gasteiger partial charge in [-0.2, -0.15) is 0 Å². The van der Waals surface area contributed by atoms with Crippen LogP contribution in [0.3, 0.4) is 0 Å². The highest BCUT2D eigenvalue weighted by Crippen LogP contribution is 2.32. The first-order chi connectivity index (χ1) is 20.3. The number of nitrogens with one attached hydrogen (secondary N) is 3. The molecule has 0 spiro atoms. The number of carbonyl (C=O) groups excluding carboxylic acids is 3. The molecular formula is C32H41N5O4S. The molecule has 3 amide bonds. The molecule has 1 aliphatic heterocycles. The van der Waals surface area contributed by atoms with E-state index in [1.807, 2.05) is 69.3 Å². The summed E-state index contributed by atoms with van der Waals surface area (Å²) in [5.41, 5.74) is 8.36. The van der Waals surface area contributed by atoms with Crippen molar-refractivity contribution in [2.75, 3.05) is 19.7 Å². The molecule has 0 radical (unpaired) electrons. The molecule has 0 bridgehead atoms. The molecule has 2 unspecified atom stereocenters. The van der Waals surface area contributed by atoms with Gasteiger partial charge in [0.15, 0.2) is 0 Å². The molecule has 1 fully saturated rings. The number of rotatable bonds is 12. The van der Waals surface area contributed by atoms with Gasteiger partial charge in [0.25, 0.3) is 0 Å². The molecule has 10 heteroatoms. The summed E-state index contributed by atoms with van der Waals surface area (Å²) in [6.07, 6.45) is 1.25. The molecule has 1 aliphatic rings. The van der Waals surface area contributed by atoms with Gasteiger partial charge in [-0.05, 0) is 43.5 Å². The minimum atomic E-state index is -0.651. The van der Waals surface area contributed by atoms with Gasteiger partial charge in [0.2, 0.25) is 17.7 Å². The number of nitrogens with zero attached hydrogens (tertiary/aromatic N) is 1. The lowest BCUT2D eigenvalue weighted by molar-refractivity contribution is -0.138. The highest BCUT2D eigenvalue weighted by Gasteiger charge is 2.40. The SMILES string of the molecule is CC.Cc1cccc(C2CC(C(=O)NCc3cc(C(=N)N)cs3)N(C(=O)CNC(=O)CCCOc3ccccc3)C2)c1. The molecule has 2 aromatic carbocycles. The van der Waals surface area contributed by atoms with Gasteiger partial charge in [-0.15, -0.1) is 11.3 Å². The number of hydrogen-bond acceptors (Lipinski definition) is 6. The molecule has 2 atom stereocenters. The lowest BCUT2D eigenvalue weighted by Gasteiger charge is -2.24. The van der Waals surface area contributed by atoms with Gasteiger partial charge in [-0.25, -0.2) is 0 Å². The van der Waals surface area contributed by atoms with Crippen molar-refractivity contribution in [2.45, 2.75) is 58.5 Å². The van der Waals surface area contributed by atoms with Crippen LogP contribution in [-0.2, 0) is 20.9 Å². The van der Waals surface area contributed by atoms with Crippen molar-refractivity contribution in [1.29, 1.82) is 5.41 Å². The maximum absolute atomic E-state index is 13.3. The van der Waals surface area contributed by atoms with Gasteiger partial charge >= 0.3 is 0 Å². The van der Waals surface area contributed by atoms with Gasteiger partial charge in [-0.1, -0.05) is 61.9 Å². The maximum atomic E-state index is 13.3.